The van der Waals surface area contributed by atoms with Crippen LogP contribution in [0, 0.1) is 5.82 Å². The molecule has 0 atom stereocenters. The number of rotatable bonds is 8. The lowest BCUT2D eigenvalue weighted by molar-refractivity contribution is 0.0594. The smallest absolute Gasteiger partial charge is 0.360 e. The number of methoxy groups -OCH3 is 2. The van der Waals surface area contributed by atoms with Gasteiger partial charge < -0.3 is 9.47 Å². The van der Waals surface area contributed by atoms with E-state index in [-0.39, 0.29) is 15.1 Å². The molecule has 2 aromatic rings. The van der Waals surface area contributed by atoms with E-state index >= 15 is 0 Å². The molecular formula is C16H15ClF3N3O5S. The van der Waals surface area contributed by atoms with Crippen LogP contribution in [-0.4, -0.2) is 51.5 Å². The zero-order valence-electron chi connectivity index (χ0n) is 15.1. The number of esters is 1. The van der Waals surface area contributed by atoms with Crippen molar-refractivity contribution in [2.75, 3.05) is 25.1 Å². The normalized spacial score (nSPS) is 11.4. The summed E-state index contributed by atoms with van der Waals surface area (Å²) in [5, 5.41) is -0.254. The molecular weight excluding hydrogens is 439 g/mol. The number of benzene rings is 1. The summed E-state index contributed by atoms with van der Waals surface area (Å²) in [6, 6.07) is 2.39. The van der Waals surface area contributed by atoms with Crippen molar-refractivity contribution >= 4 is 33.4 Å². The minimum Gasteiger partial charge on any atom is -0.494 e. The number of halogens is 4. The van der Waals surface area contributed by atoms with E-state index in [4.69, 9.17) is 16.3 Å². The fraction of sp³-hybridized carbons (Fsp3) is 0.312. The number of ether oxygens (including phenoxy) is 2. The molecule has 8 nitrogen and oxygen atoms in total. The highest BCUT2D eigenvalue weighted by atomic mass is 35.5. The Morgan fingerprint density at radius 2 is 1.90 bits per heavy atom. The molecule has 0 N–H and O–H groups in total. The molecule has 1 aromatic carbocycles. The number of aromatic nitrogens is 2. The molecule has 0 radical (unpaired) electrons. The minimum atomic E-state index is -4.69. The zero-order valence-corrected chi connectivity index (χ0v) is 16.7. The van der Waals surface area contributed by atoms with E-state index in [9.17, 15) is 26.4 Å². The van der Waals surface area contributed by atoms with Gasteiger partial charge in [-0.3, -0.25) is 0 Å². The summed E-state index contributed by atoms with van der Waals surface area (Å²) in [6.07, 6.45) is -1.07. The van der Waals surface area contributed by atoms with Gasteiger partial charge in [0.1, 0.15) is 0 Å². The largest absolute Gasteiger partial charge is 0.494 e. The van der Waals surface area contributed by atoms with Gasteiger partial charge in [0.05, 0.1) is 26.5 Å². The van der Waals surface area contributed by atoms with E-state index in [1.54, 1.807) is 0 Å². The molecule has 0 saturated heterocycles. The lowest BCUT2D eigenvalue weighted by atomic mass is 10.2. The number of alkyl halides is 2. The van der Waals surface area contributed by atoms with Crippen LogP contribution in [0.2, 0.25) is 5.02 Å². The van der Waals surface area contributed by atoms with Gasteiger partial charge in [0.15, 0.2) is 23.1 Å². The molecule has 0 saturated carbocycles. The molecule has 2 rings (SSSR count). The summed E-state index contributed by atoms with van der Waals surface area (Å²) in [5.74, 6) is -4.21. The first-order valence-electron chi connectivity index (χ1n) is 7.81. The number of carbonyl (C=O) groups excluding carboxylic acids is 1. The van der Waals surface area contributed by atoms with E-state index in [2.05, 4.69) is 14.7 Å². The second-order valence-electron chi connectivity index (χ2n) is 5.44. The summed E-state index contributed by atoms with van der Waals surface area (Å²) in [4.78, 5) is 19.2. The van der Waals surface area contributed by atoms with Crippen LogP contribution in [0.5, 0.6) is 5.75 Å². The van der Waals surface area contributed by atoms with Gasteiger partial charge in [-0.25, -0.2) is 40.7 Å². The fourth-order valence-corrected chi connectivity index (χ4v) is 4.17. The Hall–Kier alpha value is -2.60. The third-order valence-corrected chi connectivity index (χ3v) is 5.63. The van der Waals surface area contributed by atoms with Crippen molar-refractivity contribution in [1.82, 2.24) is 9.97 Å². The quantitative estimate of drug-likeness (QED) is 0.566. The molecule has 0 unspecified atom stereocenters. The topological polar surface area (TPSA) is 98.7 Å². The van der Waals surface area contributed by atoms with Gasteiger partial charge in [-0.2, -0.15) is 0 Å². The zero-order chi connectivity index (χ0) is 21.8. The lowest BCUT2D eigenvalue weighted by Gasteiger charge is -2.24. The highest BCUT2D eigenvalue weighted by molar-refractivity contribution is 7.92. The van der Waals surface area contributed by atoms with Gasteiger partial charge >= 0.3 is 5.97 Å². The molecule has 29 heavy (non-hydrogen) atoms. The minimum absolute atomic E-state index is 0.173. The van der Waals surface area contributed by atoms with Gasteiger partial charge in [-0.1, -0.05) is 11.6 Å². The number of hydrogen-bond acceptors (Lipinski definition) is 7. The number of sulfonamides is 1. The van der Waals surface area contributed by atoms with E-state index < -0.39 is 57.6 Å². The second-order valence-corrected chi connectivity index (χ2v) is 7.74. The van der Waals surface area contributed by atoms with E-state index in [1.807, 2.05) is 0 Å². The molecule has 1 heterocycles. The fourth-order valence-electron chi connectivity index (χ4n) is 2.34. The van der Waals surface area contributed by atoms with Gasteiger partial charge in [0.2, 0.25) is 10.0 Å². The Morgan fingerprint density at radius 1 is 1.24 bits per heavy atom. The number of carbonyl (C=O) groups is 1. The van der Waals surface area contributed by atoms with Crippen LogP contribution in [0.15, 0.2) is 24.5 Å². The maximum absolute atomic E-state index is 14.5. The SMILES string of the molecule is COC(=O)c1nccnc1N(CC(F)F)S(=O)(=O)Cc1c(Cl)ccc(OC)c1F. The monoisotopic (exact) mass is 453 g/mol. The second kappa shape index (κ2) is 9.27. The average Bonchev–Trinajstić information content (AvgIpc) is 2.68. The Balaban J connectivity index is 2.58. The van der Waals surface area contributed by atoms with Crippen molar-refractivity contribution in [3.05, 3.63) is 46.6 Å². The molecule has 158 valence electrons. The van der Waals surface area contributed by atoms with Crippen LogP contribution < -0.4 is 9.04 Å². The molecule has 0 bridgehead atoms. The van der Waals surface area contributed by atoms with E-state index in [0.29, 0.717) is 0 Å². The van der Waals surface area contributed by atoms with Crippen molar-refractivity contribution in [3.8, 4) is 5.75 Å². The highest BCUT2D eigenvalue weighted by Gasteiger charge is 2.33. The third-order valence-electron chi connectivity index (χ3n) is 3.63. The third kappa shape index (κ3) is 5.07. The molecule has 1 aromatic heterocycles. The summed E-state index contributed by atoms with van der Waals surface area (Å²) in [5.41, 5.74) is -1.09. The number of anilines is 1. The van der Waals surface area contributed by atoms with Crippen molar-refractivity contribution in [2.24, 2.45) is 0 Å². The first kappa shape index (κ1) is 22.7. The molecule has 0 fully saturated rings. The first-order chi connectivity index (χ1) is 13.6. The Bertz CT molecular complexity index is 1010. The van der Waals surface area contributed by atoms with Crippen molar-refractivity contribution in [2.45, 2.75) is 12.2 Å². The number of nitrogens with zero attached hydrogens (tertiary/aromatic N) is 3. The van der Waals surface area contributed by atoms with Crippen molar-refractivity contribution < 1.29 is 35.9 Å². The van der Waals surface area contributed by atoms with E-state index in [0.717, 1.165) is 26.6 Å². The molecule has 0 spiro atoms. The average molecular weight is 454 g/mol. The predicted octanol–water partition coefficient (Wildman–Crippen LogP) is 2.67. The summed E-state index contributed by atoms with van der Waals surface area (Å²) < 4.78 is 76.1. The Morgan fingerprint density at radius 3 is 2.48 bits per heavy atom. The molecule has 13 heteroatoms. The summed E-state index contributed by atoms with van der Waals surface area (Å²) in [7, 11) is -2.53. The maximum atomic E-state index is 14.5. The van der Waals surface area contributed by atoms with Gasteiger partial charge in [-0.15, -0.1) is 0 Å². The molecule has 0 aliphatic rings. The maximum Gasteiger partial charge on any atom is 0.360 e. The van der Waals surface area contributed by atoms with Gasteiger partial charge in [0, 0.05) is 23.0 Å². The van der Waals surface area contributed by atoms with Gasteiger partial charge in [0.25, 0.3) is 6.43 Å². The number of hydrogen-bond donors (Lipinski definition) is 0. The Labute approximate surface area is 169 Å². The van der Waals surface area contributed by atoms with Crippen molar-refractivity contribution in [3.63, 3.8) is 0 Å². The van der Waals surface area contributed by atoms with Crippen LogP contribution in [0.1, 0.15) is 16.1 Å². The van der Waals surface area contributed by atoms with Crippen LogP contribution in [-0.2, 0) is 20.5 Å². The van der Waals surface area contributed by atoms with E-state index in [1.165, 1.54) is 12.1 Å². The van der Waals surface area contributed by atoms with Crippen LogP contribution in [0.25, 0.3) is 0 Å². The first-order valence-corrected chi connectivity index (χ1v) is 9.79. The molecule has 0 aliphatic heterocycles. The summed E-state index contributed by atoms with van der Waals surface area (Å²) >= 11 is 5.90. The van der Waals surface area contributed by atoms with Crippen LogP contribution >= 0.6 is 11.6 Å². The van der Waals surface area contributed by atoms with Crippen LogP contribution in [0.3, 0.4) is 0 Å². The van der Waals surface area contributed by atoms with Crippen molar-refractivity contribution in [1.29, 1.82) is 0 Å². The van der Waals surface area contributed by atoms with Crippen LogP contribution in [0.4, 0.5) is 19.0 Å². The Kier molecular flexibility index (Phi) is 7.25. The summed E-state index contributed by atoms with van der Waals surface area (Å²) in [6.45, 7) is -1.35. The standard InChI is InChI=1S/C16H15ClF3N3O5S/c1-27-11-4-3-10(17)9(13(11)20)8-29(25,26)23(7-12(18)19)15-14(16(24)28-2)21-5-6-22-15/h3-6,12H,7-8H2,1-2H3. The predicted molar refractivity (Wildman–Crippen MR) is 97.3 cm³/mol. The molecule has 0 amide bonds. The lowest BCUT2D eigenvalue weighted by Crippen LogP contribution is -2.38. The molecule has 0 aliphatic carbocycles. The highest BCUT2D eigenvalue weighted by Crippen LogP contribution is 2.31. The van der Waals surface area contributed by atoms with Gasteiger partial charge in [-0.05, 0) is 12.1 Å².